The van der Waals surface area contributed by atoms with Crippen LogP contribution in [0, 0.1) is 11.3 Å². The lowest BCUT2D eigenvalue weighted by Crippen LogP contribution is -2.35. The van der Waals surface area contributed by atoms with Crippen LogP contribution < -0.4 is 5.32 Å². The van der Waals surface area contributed by atoms with Crippen molar-refractivity contribution in [2.24, 2.45) is 11.3 Å². The Morgan fingerprint density at radius 3 is 2.88 bits per heavy atom. The lowest BCUT2D eigenvalue weighted by molar-refractivity contribution is -0.132. The van der Waals surface area contributed by atoms with Crippen molar-refractivity contribution in [3.8, 4) is 0 Å². The van der Waals surface area contributed by atoms with E-state index >= 15 is 0 Å². The van der Waals surface area contributed by atoms with Crippen LogP contribution in [0.5, 0.6) is 0 Å². The van der Waals surface area contributed by atoms with Crippen molar-refractivity contribution in [1.82, 2.24) is 10.2 Å². The molecule has 1 N–H and O–H groups in total. The van der Waals surface area contributed by atoms with Crippen molar-refractivity contribution < 1.29 is 4.79 Å². The topological polar surface area (TPSA) is 32.3 Å². The molecule has 1 spiro atoms. The summed E-state index contributed by atoms with van der Waals surface area (Å²) in [7, 11) is 1.94. The van der Waals surface area contributed by atoms with Crippen LogP contribution in [-0.2, 0) is 4.79 Å². The van der Waals surface area contributed by atoms with Crippen molar-refractivity contribution in [1.29, 1.82) is 0 Å². The monoisotopic (exact) mass is 236 g/mol. The van der Waals surface area contributed by atoms with Gasteiger partial charge in [-0.25, -0.2) is 0 Å². The minimum atomic E-state index is 0.318. The van der Waals surface area contributed by atoms with Gasteiger partial charge < -0.3 is 10.2 Å². The Hall–Kier alpha value is -0.830. The Morgan fingerprint density at radius 1 is 1.53 bits per heavy atom. The Morgan fingerprint density at radius 2 is 2.24 bits per heavy atom. The first-order valence-corrected chi connectivity index (χ1v) is 6.76. The van der Waals surface area contributed by atoms with Crippen LogP contribution in [0.25, 0.3) is 0 Å². The molecule has 17 heavy (non-hydrogen) atoms. The van der Waals surface area contributed by atoms with E-state index in [-0.39, 0.29) is 0 Å². The third kappa shape index (κ3) is 2.71. The van der Waals surface area contributed by atoms with Crippen molar-refractivity contribution in [3.05, 3.63) is 12.7 Å². The molecule has 0 aromatic rings. The second-order valence-electron chi connectivity index (χ2n) is 5.56. The molecule has 0 aromatic heterocycles. The van der Waals surface area contributed by atoms with E-state index in [0.717, 1.165) is 38.9 Å². The first-order valence-electron chi connectivity index (χ1n) is 6.76. The van der Waals surface area contributed by atoms with Gasteiger partial charge in [0.15, 0.2) is 0 Å². The number of hydrogen-bond donors (Lipinski definition) is 1. The molecule has 3 nitrogen and oxygen atoms in total. The van der Waals surface area contributed by atoms with Gasteiger partial charge in [-0.15, -0.1) is 6.58 Å². The van der Waals surface area contributed by atoms with Crippen LogP contribution in [0.2, 0.25) is 0 Å². The Kier molecular flexibility index (Phi) is 3.87. The second-order valence-corrected chi connectivity index (χ2v) is 5.56. The lowest BCUT2D eigenvalue weighted by Gasteiger charge is -2.25. The van der Waals surface area contributed by atoms with Crippen molar-refractivity contribution in [3.63, 3.8) is 0 Å². The maximum Gasteiger partial charge on any atom is 0.226 e. The van der Waals surface area contributed by atoms with Gasteiger partial charge in [0.2, 0.25) is 5.91 Å². The molecule has 0 aromatic carbocycles. The summed E-state index contributed by atoms with van der Waals surface area (Å²) in [6.45, 7) is 6.75. The molecule has 2 aliphatic rings. The fraction of sp³-hybridized carbons (Fsp3) is 0.786. The number of unbranched alkanes of at least 4 members (excludes halogenated alkanes) is 1. The molecule has 1 saturated carbocycles. The van der Waals surface area contributed by atoms with Crippen LogP contribution in [0.4, 0.5) is 0 Å². The van der Waals surface area contributed by atoms with Crippen LogP contribution in [0.15, 0.2) is 12.7 Å². The van der Waals surface area contributed by atoms with E-state index < -0.39 is 0 Å². The van der Waals surface area contributed by atoms with Crippen molar-refractivity contribution >= 4 is 5.91 Å². The van der Waals surface area contributed by atoms with Crippen molar-refractivity contribution in [2.45, 2.75) is 32.1 Å². The summed E-state index contributed by atoms with van der Waals surface area (Å²) in [6, 6.07) is 0. The SMILES string of the molecule is C=CCCCN(C)C(=O)C1CC12CCNCC2. The van der Waals surface area contributed by atoms with Gasteiger partial charge in [-0.2, -0.15) is 0 Å². The van der Waals surface area contributed by atoms with Gasteiger partial charge >= 0.3 is 0 Å². The van der Waals surface area contributed by atoms with Gasteiger partial charge in [0, 0.05) is 19.5 Å². The largest absolute Gasteiger partial charge is 0.345 e. The number of allylic oxidation sites excluding steroid dienone is 1. The third-order valence-corrected chi connectivity index (χ3v) is 4.37. The van der Waals surface area contributed by atoms with Crippen LogP contribution in [0.3, 0.4) is 0 Å². The van der Waals surface area contributed by atoms with E-state index in [1.54, 1.807) is 0 Å². The van der Waals surface area contributed by atoms with E-state index in [1.807, 2.05) is 18.0 Å². The normalized spacial score (nSPS) is 25.6. The Balaban J connectivity index is 1.79. The molecule has 1 heterocycles. The minimum absolute atomic E-state index is 0.318. The van der Waals surface area contributed by atoms with Gasteiger partial charge in [0.1, 0.15) is 0 Å². The van der Waals surface area contributed by atoms with E-state index in [1.165, 1.54) is 12.8 Å². The summed E-state index contributed by atoms with van der Waals surface area (Å²) in [5.41, 5.74) is 0.370. The number of hydrogen-bond acceptors (Lipinski definition) is 2. The summed E-state index contributed by atoms with van der Waals surface area (Å²) >= 11 is 0. The number of rotatable bonds is 5. The first kappa shape index (κ1) is 12.6. The number of carbonyl (C=O) groups is 1. The summed E-state index contributed by atoms with van der Waals surface area (Å²) in [4.78, 5) is 14.2. The maximum absolute atomic E-state index is 12.3. The zero-order valence-corrected chi connectivity index (χ0v) is 10.9. The highest BCUT2D eigenvalue weighted by Gasteiger charge is 2.58. The van der Waals surface area contributed by atoms with Crippen LogP contribution in [-0.4, -0.2) is 37.5 Å². The molecule has 2 fully saturated rings. The van der Waals surface area contributed by atoms with Gasteiger partial charge in [-0.1, -0.05) is 6.08 Å². The zero-order chi connectivity index (χ0) is 12.3. The zero-order valence-electron chi connectivity index (χ0n) is 10.9. The number of amides is 1. The summed E-state index contributed by atoms with van der Waals surface area (Å²) in [5.74, 6) is 0.689. The Bertz CT molecular complexity index is 295. The first-order chi connectivity index (χ1) is 8.19. The predicted molar refractivity (Wildman–Crippen MR) is 69.7 cm³/mol. The molecule has 1 aliphatic heterocycles. The van der Waals surface area contributed by atoms with E-state index in [0.29, 0.717) is 17.2 Å². The second kappa shape index (κ2) is 5.21. The molecular formula is C14H24N2O. The number of piperidine rings is 1. The van der Waals surface area contributed by atoms with E-state index in [2.05, 4.69) is 11.9 Å². The number of carbonyl (C=O) groups excluding carboxylic acids is 1. The van der Waals surface area contributed by atoms with Crippen LogP contribution >= 0.6 is 0 Å². The quantitative estimate of drug-likeness (QED) is 0.583. The molecule has 1 saturated heterocycles. The fourth-order valence-corrected chi connectivity index (χ4v) is 3.02. The average molecular weight is 236 g/mol. The lowest BCUT2D eigenvalue weighted by atomic mass is 9.91. The smallest absolute Gasteiger partial charge is 0.226 e. The highest BCUT2D eigenvalue weighted by Crippen LogP contribution is 2.59. The predicted octanol–water partition coefficient (Wildman–Crippen LogP) is 1.80. The fourth-order valence-electron chi connectivity index (χ4n) is 3.02. The summed E-state index contributed by atoms with van der Waals surface area (Å²) < 4.78 is 0. The molecule has 96 valence electrons. The molecule has 0 bridgehead atoms. The maximum atomic E-state index is 12.3. The molecular weight excluding hydrogens is 212 g/mol. The van der Waals surface area contributed by atoms with Gasteiger partial charge in [-0.05, 0) is 50.6 Å². The number of nitrogens with zero attached hydrogens (tertiary/aromatic N) is 1. The van der Waals surface area contributed by atoms with Gasteiger partial charge in [0.25, 0.3) is 0 Å². The van der Waals surface area contributed by atoms with E-state index in [4.69, 9.17) is 0 Å². The highest BCUT2D eigenvalue weighted by atomic mass is 16.2. The summed E-state index contributed by atoms with van der Waals surface area (Å²) in [5, 5.41) is 3.37. The van der Waals surface area contributed by atoms with Gasteiger partial charge in [0.05, 0.1) is 0 Å². The Labute approximate surface area is 104 Å². The van der Waals surface area contributed by atoms with E-state index in [9.17, 15) is 4.79 Å². The molecule has 1 aliphatic carbocycles. The molecule has 3 heteroatoms. The third-order valence-electron chi connectivity index (χ3n) is 4.37. The number of nitrogens with one attached hydrogen (secondary N) is 1. The molecule has 2 rings (SSSR count). The molecule has 0 radical (unpaired) electrons. The molecule has 1 amide bonds. The van der Waals surface area contributed by atoms with Gasteiger partial charge in [-0.3, -0.25) is 4.79 Å². The molecule has 1 unspecified atom stereocenters. The average Bonchev–Trinajstić information content (AvgIpc) is 3.03. The van der Waals surface area contributed by atoms with Crippen LogP contribution in [0.1, 0.15) is 32.1 Å². The molecule has 1 atom stereocenters. The van der Waals surface area contributed by atoms with Crippen molar-refractivity contribution in [2.75, 3.05) is 26.7 Å². The standard InChI is InChI=1S/C14H24N2O/c1-3-4-5-10-16(2)13(17)12-11-14(12)6-8-15-9-7-14/h3,12,15H,1,4-11H2,2H3. The summed E-state index contributed by atoms with van der Waals surface area (Å²) in [6.07, 6.45) is 7.45. The minimum Gasteiger partial charge on any atom is -0.345 e. The highest BCUT2D eigenvalue weighted by molar-refractivity contribution is 5.82.